The Morgan fingerprint density at radius 1 is 1.17 bits per heavy atom. The van der Waals surface area contributed by atoms with Crippen molar-refractivity contribution in [2.24, 2.45) is 0 Å². The SMILES string of the molecule is Cc1cnn(CCC(C)(C)c2cccc(OC(C)C)n2)c1C(C)C. The van der Waals surface area contributed by atoms with Crippen LogP contribution in [0.4, 0.5) is 0 Å². The number of ether oxygens (including phenoxy) is 1. The Bertz CT molecular complexity index is 671. The summed E-state index contributed by atoms with van der Waals surface area (Å²) >= 11 is 0. The van der Waals surface area contributed by atoms with Gasteiger partial charge in [0, 0.05) is 23.7 Å². The van der Waals surface area contributed by atoms with E-state index in [9.17, 15) is 0 Å². The van der Waals surface area contributed by atoms with E-state index in [0.717, 1.165) is 18.7 Å². The molecule has 0 fully saturated rings. The molecule has 0 aliphatic carbocycles. The van der Waals surface area contributed by atoms with Gasteiger partial charge < -0.3 is 4.74 Å². The molecular formula is C20H31N3O. The van der Waals surface area contributed by atoms with Crippen LogP contribution in [0.2, 0.25) is 0 Å². The number of aromatic nitrogens is 3. The van der Waals surface area contributed by atoms with Gasteiger partial charge in [0.15, 0.2) is 0 Å². The van der Waals surface area contributed by atoms with E-state index in [-0.39, 0.29) is 11.5 Å². The number of aryl methyl sites for hydroxylation is 2. The van der Waals surface area contributed by atoms with Gasteiger partial charge in [0.25, 0.3) is 0 Å². The third kappa shape index (κ3) is 4.37. The summed E-state index contributed by atoms with van der Waals surface area (Å²) in [5.41, 5.74) is 3.63. The highest BCUT2D eigenvalue weighted by Gasteiger charge is 2.24. The highest BCUT2D eigenvalue weighted by atomic mass is 16.5. The molecule has 0 amide bonds. The standard InChI is InChI=1S/C20H31N3O/c1-14(2)19-16(5)13-21-23(19)12-11-20(6,7)17-9-8-10-18(22-17)24-15(3)4/h8-10,13-15H,11-12H2,1-7H3. The second-order valence-electron chi connectivity index (χ2n) is 7.75. The molecule has 24 heavy (non-hydrogen) atoms. The van der Waals surface area contributed by atoms with Crippen molar-refractivity contribution in [2.75, 3.05) is 0 Å². The number of hydrogen-bond donors (Lipinski definition) is 0. The van der Waals surface area contributed by atoms with Crippen molar-refractivity contribution in [3.8, 4) is 5.88 Å². The zero-order chi connectivity index (χ0) is 17.9. The van der Waals surface area contributed by atoms with Crippen LogP contribution in [-0.4, -0.2) is 20.9 Å². The summed E-state index contributed by atoms with van der Waals surface area (Å²) in [5, 5.41) is 4.56. The lowest BCUT2D eigenvalue weighted by Crippen LogP contribution is -2.23. The molecule has 0 aliphatic heterocycles. The molecule has 0 N–H and O–H groups in total. The van der Waals surface area contributed by atoms with Crippen molar-refractivity contribution in [3.63, 3.8) is 0 Å². The Kier molecular flexibility index (Phi) is 5.68. The largest absolute Gasteiger partial charge is 0.475 e. The maximum atomic E-state index is 5.74. The maximum absolute atomic E-state index is 5.74. The predicted molar refractivity (Wildman–Crippen MR) is 98.7 cm³/mol. The molecule has 0 bridgehead atoms. The molecule has 0 unspecified atom stereocenters. The second kappa shape index (κ2) is 7.37. The van der Waals surface area contributed by atoms with Crippen molar-refractivity contribution in [2.45, 2.75) is 78.9 Å². The zero-order valence-electron chi connectivity index (χ0n) is 16.1. The van der Waals surface area contributed by atoms with Crippen LogP contribution < -0.4 is 4.74 Å². The third-order valence-corrected chi connectivity index (χ3v) is 4.34. The van der Waals surface area contributed by atoms with E-state index < -0.39 is 0 Å². The molecule has 2 rings (SSSR count). The van der Waals surface area contributed by atoms with E-state index in [0.29, 0.717) is 11.8 Å². The molecule has 4 heteroatoms. The van der Waals surface area contributed by atoms with Gasteiger partial charge >= 0.3 is 0 Å². The molecule has 2 heterocycles. The summed E-state index contributed by atoms with van der Waals surface area (Å²) in [6, 6.07) is 6.04. The van der Waals surface area contributed by atoms with Gasteiger partial charge in [0.05, 0.1) is 18.0 Å². The van der Waals surface area contributed by atoms with E-state index in [4.69, 9.17) is 9.72 Å². The topological polar surface area (TPSA) is 39.9 Å². The fraction of sp³-hybridized carbons (Fsp3) is 0.600. The molecule has 132 valence electrons. The van der Waals surface area contributed by atoms with Crippen LogP contribution in [0, 0.1) is 6.92 Å². The van der Waals surface area contributed by atoms with Crippen LogP contribution in [0.3, 0.4) is 0 Å². The summed E-state index contributed by atoms with van der Waals surface area (Å²) in [4.78, 5) is 4.71. The fourth-order valence-corrected chi connectivity index (χ4v) is 3.03. The van der Waals surface area contributed by atoms with Gasteiger partial charge in [0.1, 0.15) is 0 Å². The second-order valence-corrected chi connectivity index (χ2v) is 7.75. The zero-order valence-corrected chi connectivity index (χ0v) is 16.1. The number of hydrogen-bond acceptors (Lipinski definition) is 3. The highest BCUT2D eigenvalue weighted by Crippen LogP contribution is 2.29. The normalized spacial score (nSPS) is 12.2. The van der Waals surface area contributed by atoms with Gasteiger partial charge in [-0.3, -0.25) is 4.68 Å². The molecule has 0 saturated heterocycles. The van der Waals surface area contributed by atoms with E-state index in [1.165, 1.54) is 11.3 Å². The van der Waals surface area contributed by atoms with E-state index in [1.54, 1.807) is 0 Å². The van der Waals surface area contributed by atoms with Crippen molar-refractivity contribution in [1.82, 2.24) is 14.8 Å². The molecule has 2 aromatic heterocycles. The van der Waals surface area contributed by atoms with Gasteiger partial charge in [-0.25, -0.2) is 4.98 Å². The summed E-state index contributed by atoms with van der Waals surface area (Å²) in [6.07, 6.45) is 3.08. The minimum Gasteiger partial charge on any atom is -0.475 e. The number of nitrogens with zero attached hydrogens (tertiary/aromatic N) is 3. The summed E-state index contributed by atoms with van der Waals surface area (Å²) in [5.74, 6) is 1.19. The lowest BCUT2D eigenvalue weighted by molar-refractivity contribution is 0.230. The van der Waals surface area contributed by atoms with Crippen molar-refractivity contribution < 1.29 is 4.74 Å². The van der Waals surface area contributed by atoms with Crippen molar-refractivity contribution in [1.29, 1.82) is 0 Å². The van der Waals surface area contributed by atoms with Crippen LogP contribution in [-0.2, 0) is 12.0 Å². The van der Waals surface area contributed by atoms with Gasteiger partial charge in [-0.1, -0.05) is 33.8 Å². The van der Waals surface area contributed by atoms with Crippen LogP contribution in [0.1, 0.15) is 70.8 Å². The maximum Gasteiger partial charge on any atom is 0.213 e. The Morgan fingerprint density at radius 3 is 2.50 bits per heavy atom. The van der Waals surface area contributed by atoms with E-state index >= 15 is 0 Å². The minimum atomic E-state index is -0.0372. The van der Waals surface area contributed by atoms with E-state index in [1.807, 2.05) is 32.2 Å². The van der Waals surface area contributed by atoms with Crippen LogP contribution in [0.25, 0.3) is 0 Å². The van der Waals surface area contributed by atoms with Gasteiger partial charge in [0.2, 0.25) is 5.88 Å². The molecule has 0 spiro atoms. The fourth-order valence-electron chi connectivity index (χ4n) is 3.03. The summed E-state index contributed by atoms with van der Waals surface area (Å²) < 4.78 is 7.89. The first-order valence-corrected chi connectivity index (χ1v) is 8.87. The van der Waals surface area contributed by atoms with Crippen LogP contribution in [0.5, 0.6) is 5.88 Å². The average molecular weight is 329 g/mol. The van der Waals surface area contributed by atoms with Gasteiger partial charge in [-0.2, -0.15) is 5.10 Å². The minimum absolute atomic E-state index is 0.0372. The predicted octanol–water partition coefficient (Wildman–Crippen LogP) is 4.87. The lowest BCUT2D eigenvalue weighted by Gasteiger charge is -2.25. The van der Waals surface area contributed by atoms with Crippen LogP contribution >= 0.6 is 0 Å². The van der Waals surface area contributed by atoms with Crippen molar-refractivity contribution >= 4 is 0 Å². The van der Waals surface area contributed by atoms with E-state index in [2.05, 4.69) is 50.5 Å². The molecule has 0 atom stereocenters. The molecule has 2 aromatic rings. The summed E-state index contributed by atoms with van der Waals surface area (Å²) in [7, 11) is 0. The molecule has 0 saturated carbocycles. The molecule has 0 aliphatic rings. The highest BCUT2D eigenvalue weighted by molar-refractivity contribution is 5.22. The monoisotopic (exact) mass is 329 g/mol. The molecule has 0 radical (unpaired) electrons. The van der Waals surface area contributed by atoms with Gasteiger partial charge in [-0.05, 0) is 44.7 Å². The molecular weight excluding hydrogens is 298 g/mol. The first kappa shape index (κ1) is 18.5. The smallest absolute Gasteiger partial charge is 0.213 e. The average Bonchev–Trinajstić information content (AvgIpc) is 2.86. The quantitative estimate of drug-likeness (QED) is 0.728. The molecule has 0 aromatic carbocycles. The van der Waals surface area contributed by atoms with Crippen molar-refractivity contribution in [3.05, 3.63) is 41.3 Å². The molecule has 4 nitrogen and oxygen atoms in total. The summed E-state index contributed by atoms with van der Waals surface area (Å²) in [6.45, 7) is 16.0. The Labute approximate surface area is 146 Å². The third-order valence-electron chi connectivity index (χ3n) is 4.34. The van der Waals surface area contributed by atoms with Gasteiger partial charge in [-0.15, -0.1) is 0 Å². The number of rotatable bonds is 7. The first-order chi connectivity index (χ1) is 11.2. The Hall–Kier alpha value is -1.84. The number of pyridine rings is 1. The Morgan fingerprint density at radius 2 is 1.88 bits per heavy atom. The first-order valence-electron chi connectivity index (χ1n) is 8.87. The Balaban J connectivity index is 2.14. The lowest BCUT2D eigenvalue weighted by atomic mass is 9.85. The van der Waals surface area contributed by atoms with Crippen LogP contribution in [0.15, 0.2) is 24.4 Å².